The molecular weight excluding hydrogens is 400 g/mol. The van der Waals surface area contributed by atoms with Crippen molar-refractivity contribution in [2.45, 2.75) is 64.0 Å². The van der Waals surface area contributed by atoms with Crippen LogP contribution in [0.2, 0.25) is 0 Å². The first kappa shape index (κ1) is 22.2. The van der Waals surface area contributed by atoms with Gasteiger partial charge in [0.25, 0.3) is 0 Å². The predicted molar refractivity (Wildman–Crippen MR) is 119 cm³/mol. The van der Waals surface area contributed by atoms with Gasteiger partial charge in [-0.2, -0.15) is 0 Å². The zero-order valence-electron chi connectivity index (χ0n) is 17.2. The van der Waals surface area contributed by atoms with E-state index in [-0.39, 0.29) is 17.6 Å². The predicted octanol–water partition coefficient (Wildman–Crippen LogP) is 5.05. The first-order valence-corrected chi connectivity index (χ1v) is 11.3. The summed E-state index contributed by atoms with van der Waals surface area (Å²) in [6.45, 7) is 2.14. The van der Waals surface area contributed by atoms with Gasteiger partial charge >= 0.3 is 5.97 Å². The molecule has 7 heteroatoms. The number of aromatic nitrogens is 1. The topological polar surface area (TPSA) is 90.7 Å². The fourth-order valence-electron chi connectivity index (χ4n) is 3.72. The number of thiazole rings is 1. The number of carboxylic acid groups (broad SMARTS) is 1. The number of carbonyl (C=O) groups excluding carboxylic acids is 1. The molecule has 0 aliphatic carbocycles. The first-order valence-electron chi connectivity index (χ1n) is 10.4. The molecule has 0 spiro atoms. The Labute approximate surface area is 180 Å². The standard InChI is InChI=1S/C23H28N2O4S/c1-2-3-4-7-20(26)16-9-11-18(12-10-16)25-17(13-14-22(25)27)6-5-8-21-24-19(15-30-21)23(28)29/h5,8-12,15,17,20,26H,2-4,6-7,13-14H2,1H3,(H,28,29)/b8-5+/t17-,20-/m0/s1. The fraction of sp³-hybridized carbons (Fsp3) is 0.435. The Balaban J connectivity index is 1.62. The van der Waals surface area contributed by atoms with Gasteiger partial charge in [0, 0.05) is 23.5 Å². The van der Waals surface area contributed by atoms with E-state index in [0.29, 0.717) is 17.8 Å². The maximum atomic E-state index is 12.5. The number of hydrogen-bond donors (Lipinski definition) is 2. The van der Waals surface area contributed by atoms with Gasteiger partial charge in [0.2, 0.25) is 5.91 Å². The number of nitrogens with zero attached hydrogens (tertiary/aromatic N) is 2. The highest BCUT2D eigenvalue weighted by Crippen LogP contribution is 2.30. The first-order chi connectivity index (χ1) is 14.5. The number of carboxylic acids is 1. The van der Waals surface area contributed by atoms with Crippen molar-refractivity contribution in [1.82, 2.24) is 4.98 Å². The fourth-order valence-corrected chi connectivity index (χ4v) is 4.43. The van der Waals surface area contributed by atoms with E-state index >= 15 is 0 Å². The third-order valence-electron chi connectivity index (χ3n) is 5.37. The second-order valence-electron chi connectivity index (χ2n) is 7.57. The molecule has 0 unspecified atom stereocenters. The number of aromatic carboxylic acids is 1. The van der Waals surface area contributed by atoms with Crippen LogP contribution in [0, 0.1) is 0 Å². The van der Waals surface area contributed by atoms with Gasteiger partial charge in [-0.05, 0) is 43.0 Å². The van der Waals surface area contributed by atoms with Gasteiger partial charge in [0.1, 0.15) is 5.01 Å². The van der Waals surface area contributed by atoms with Gasteiger partial charge in [-0.15, -0.1) is 11.3 Å². The number of aliphatic hydroxyl groups is 1. The van der Waals surface area contributed by atoms with Crippen LogP contribution in [0.15, 0.2) is 35.7 Å². The van der Waals surface area contributed by atoms with E-state index in [0.717, 1.165) is 43.4 Å². The lowest BCUT2D eigenvalue weighted by atomic mass is 10.0. The largest absolute Gasteiger partial charge is 0.476 e. The molecule has 3 rings (SSSR count). The summed E-state index contributed by atoms with van der Waals surface area (Å²) >= 11 is 1.29. The van der Waals surface area contributed by atoms with Crippen molar-refractivity contribution >= 4 is 35.0 Å². The molecule has 1 fully saturated rings. The van der Waals surface area contributed by atoms with Gasteiger partial charge in [0.05, 0.1) is 6.10 Å². The molecule has 0 saturated carbocycles. The molecule has 0 bridgehead atoms. The smallest absolute Gasteiger partial charge is 0.355 e. The Morgan fingerprint density at radius 1 is 1.33 bits per heavy atom. The lowest BCUT2D eigenvalue weighted by Gasteiger charge is -2.24. The van der Waals surface area contributed by atoms with Gasteiger partial charge < -0.3 is 15.1 Å². The van der Waals surface area contributed by atoms with Crippen LogP contribution in [0.3, 0.4) is 0 Å². The lowest BCUT2D eigenvalue weighted by molar-refractivity contribution is -0.117. The number of anilines is 1. The van der Waals surface area contributed by atoms with E-state index in [1.807, 2.05) is 41.3 Å². The lowest BCUT2D eigenvalue weighted by Crippen LogP contribution is -2.32. The van der Waals surface area contributed by atoms with Crippen molar-refractivity contribution in [1.29, 1.82) is 0 Å². The zero-order valence-corrected chi connectivity index (χ0v) is 18.0. The van der Waals surface area contributed by atoms with Crippen LogP contribution < -0.4 is 4.90 Å². The van der Waals surface area contributed by atoms with Crippen molar-refractivity contribution in [3.05, 3.63) is 52.0 Å². The van der Waals surface area contributed by atoms with E-state index in [1.54, 1.807) is 0 Å². The van der Waals surface area contributed by atoms with Crippen LogP contribution in [0.5, 0.6) is 0 Å². The Hall–Kier alpha value is -2.51. The summed E-state index contributed by atoms with van der Waals surface area (Å²) in [5.74, 6) is -0.926. The van der Waals surface area contributed by atoms with Crippen LogP contribution in [0.4, 0.5) is 5.69 Å². The molecule has 2 atom stereocenters. The quantitative estimate of drug-likeness (QED) is 0.517. The molecule has 1 aromatic heterocycles. The number of carbonyl (C=O) groups is 2. The second kappa shape index (κ2) is 10.5. The Kier molecular flexibility index (Phi) is 7.76. The number of unbranched alkanes of at least 4 members (excludes halogenated alkanes) is 2. The third-order valence-corrected chi connectivity index (χ3v) is 6.18. The van der Waals surface area contributed by atoms with Gasteiger partial charge in [-0.1, -0.05) is 44.4 Å². The SMILES string of the molecule is CCCCC[C@H](O)c1ccc(N2C(=O)CC[C@@H]2C/C=C/c2nc(C(=O)O)cs2)cc1. The number of rotatable bonds is 10. The number of benzene rings is 1. The van der Waals surface area contributed by atoms with Crippen molar-refractivity contribution < 1.29 is 19.8 Å². The zero-order chi connectivity index (χ0) is 21.5. The summed E-state index contributed by atoms with van der Waals surface area (Å²) in [6.07, 6.45) is 9.27. The number of aliphatic hydroxyl groups excluding tert-OH is 1. The van der Waals surface area contributed by atoms with Crippen LogP contribution in [-0.2, 0) is 4.79 Å². The summed E-state index contributed by atoms with van der Waals surface area (Å²) in [6, 6.07) is 7.71. The van der Waals surface area contributed by atoms with Gasteiger partial charge in [-0.25, -0.2) is 9.78 Å². The Morgan fingerprint density at radius 2 is 2.10 bits per heavy atom. The van der Waals surface area contributed by atoms with E-state index in [4.69, 9.17) is 5.11 Å². The molecule has 2 heterocycles. The Bertz CT molecular complexity index is 891. The summed E-state index contributed by atoms with van der Waals surface area (Å²) in [5.41, 5.74) is 1.79. The summed E-state index contributed by atoms with van der Waals surface area (Å²) < 4.78 is 0. The Morgan fingerprint density at radius 3 is 2.77 bits per heavy atom. The van der Waals surface area contributed by atoms with Crippen LogP contribution >= 0.6 is 11.3 Å². The van der Waals surface area contributed by atoms with Crippen molar-refractivity contribution in [2.75, 3.05) is 4.90 Å². The molecular formula is C23H28N2O4S. The van der Waals surface area contributed by atoms with Crippen LogP contribution in [-0.4, -0.2) is 33.1 Å². The second-order valence-corrected chi connectivity index (χ2v) is 8.46. The molecule has 6 nitrogen and oxygen atoms in total. The van der Waals surface area contributed by atoms with E-state index in [1.165, 1.54) is 16.7 Å². The molecule has 1 aliphatic rings. The number of hydrogen-bond acceptors (Lipinski definition) is 5. The maximum Gasteiger partial charge on any atom is 0.355 e. The minimum atomic E-state index is -1.03. The monoisotopic (exact) mass is 428 g/mol. The van der Waals surface area contributed by atoms with E-state index < -0.39 is 12.1 Å². The van der Waals surface area contributed by atoms with E-state index in [9.17, 15) is 14.7 Å². The molecule has 2 N–H and O–H groups in total. The van der Waals surface area contributed by atoms with E-state index in [2.05, 4.69) is 11.9 Å². The molecule has 1 aliphatic heterocycles. The highest BCUT2D eigenvalue weighted by molar-refractivity contribution is 7.10. The highest BCUT2D eigenvalue weighted by atomic mass is 32.1. The molecule has 1 aromatic carbocycles. The number of amides is 1. The summed E-state index contributed by atoms with van der Waals surface area (Å²) in [4.78, 5) is 29.3. The minimum Gasteiger partial charge on any atom is -0.476 e. The molecule has 0 radical (unpaired) electrons. The molecule has 2 aromatic rings. The minimum absolute atomic E-state index is 0.0503. The average molecular weight is 429 g/mol. The molecule has 160 valence electrons. The molecule has 30 heavy (non-hydrogen) atoms. The molecule has 1 amide bonds. The van der Waals surface area contributed by atoms with Gasteiger partial charge in [-0.3, -0.25) is 4.79 Å². The third kappa shape index (κ3) is 5.55. The normalized spacial score (nSPS) is 17.7. The van der Waals surface area contributed by atoms with Crippen molar-refractivity contribution in [2.24, 2.45) is 0 Å². The highest BCUT2D eigenvalue weighted by Gasteiger charge is 2.31. The van der Waals surface area contributed by atoms with Crippen molar-refractivity contribution in [3.63, 3.8) is 0 Å². The average Bonchev–Trinajstić information content (AvgIpc) is 3.35. The van der Waals surface area contributed by atoms with Crippen LogP contribution in [0.25, 0.3) is 6.08 Å². The summed E-state index contributed by atoms with van der Waals surface area (Å²) in [7, 11) is 0. The summed E-state index contributed by atoms with van der Waals surface area (Å²) in [5, 5.41) is 21.5. The van der Waals surface area contributed by atoms with Crippen LogP contribution in [0.1, 0.15) is 79.0 Å². The van der Waals surface area contributed by atoms with Gasteiger partial charge in [0.15, 0.2) is 5.69 Å². The maximum absolute atomic E-state index is 12.5. The van der Waals surface area contributed by atoms with Crippen molar-refractivity contribution in [3.8, 4) is 0 Å². The molecule has 1 saturated heterocycles.